The van der Waals surface area contributed by atoms with Crippen molar-refractivity contribution in [3.63, 3.8) is 0 Å². The Bertz CT molecular complexity index is 943. The average Bonchev–Trinajstić information content (AvgIpc) is 3.08. The summed E-state index contributed by atoms with van der Waals surface area (Å²) < 4.78 is 42.4. The quantitative estimate of drug-likeness (QED) is 0.612. The third-order valence-corrected chi connectivity index (χ3v) is 4.89. The number of halogens is 3. The van der Waals surface area contributed by atoms with Gasteiger partial charge in [0.25, 0.3) is 0 Å². The summed E-state index contributed by atoms with van der Waals surface area (Å²) in [5, 5.41) is 8.72. The minimum absolute atomic E-state index is 0.138. The van der Waals surface area contributed by atoms with Crippen LogP contribution in [-0.2, 0) is 13.0 Å². The van der Waals surface area contributed by atoms with E-state index in [4.69, 9.17) is 0 Å². The molecule has 0 unspecified atom stereocenters. The molecule has 3 aromatic rings. The maximum Gasteiger partial charge on any atom is 0.422 e. The van der Waals surface area contributed by atoms with Gasteiger partial charge in [0.15, 0.2) is 6.61 Å². The number of alkyl halides is 3. The molecule has 0 spiro atoms. The van der Waals surface area contributed by atoms with Crippen LogP contribution in [0.15, 0.2) is 48.0 Å². The first kappa shape index (κ1) is 19.9. The molecule has 2 N–H and O–H groups in total. The number of fused-ring (bicyclic) bond motifs is 1. The molecule has 0 fully saturated rings. The fraction of sp³-hybridized carbons (Fsp3) is 0.263. The van der Waals surface area contributed by atoms with Crippen molar-refractivity contribution in [1.82, 2.24) is 15.6 Å². The molecule has 1 aromatic carbocycles. The lowest BCUT2D eigenvalue weighted by atomic mass is 10.1. The van der Waals surface area contributed by atoms with Crippen LogP contribution in [0.4, 0.5) is 18.0 Å². The summed E-state index contributed by atoms with van der Waals surface area (Å²) in [4.78, 5) is 15.7. The van der Waals surface area contributed by atoms with Gasteiger partial charge in [0, 0.05) is 30.1 Å². The van der Waals surface area contributed by atoms with Gasteiger partial charge in [-0.05, 0) is 40.4 Å². The lowest BCUT2D eigenvalue weighted by molar-refractivity contribution is -0.154. The smallest absolute Gasteiger partial charge is 0.422 e. The number of carbonyl (C=O) groups is 1. The summed E-state index contributed by atoms with van der Waals surface area (Å²) in [7, 11) is 0. The van der Waals surface area contributed by atoms with E-state index in [1.807, 2.05) is 12.1 Å². The van der Waals surface area contributed by atoms with Crippen LogP contribution >= 0.6 is 11.3 Å². The topological polar surface area (TPSA) is 63.2 Å². The Balaban J connectivity index is 1.43. The van der Waals surface area contributed by atoms with Gasteiger partial charge in [-0.25, -0.2) is 9.78 Å². The molecule has 3 rings (SSSR count). The van der Waals surface area contributed by atoms with Crippen LogP contribution in [0.25, 0.3) is 10.1 Å². The number of benzene rings is 1. The zero-order chi connectivity index (χ0) is 20.0. The molecule has 0 atom stereocenters. The zero-order valence-corrected chi connectivity index (χ0v) is 15.6. The largest absolute Gasteiger partial charge is 0.468 e. The van der Waals surface area contributed by atoms with Gasteiger partial charge in [0.05, 0.1) is 0 Å². The predicted molar refractivity (Wildman–Crippen MR) is 102 cm³/mol. The number of nitrogens with zero attached hydrogens (tertiary/aromatic N) is 1. The molecule has 0 aliphatic rings. The molecule has 0 aliphatic heterocycles. The minimum Gasteiger partial charge on any atom is -0.468 e. The van der Waals surface area contributed by atoms with Crippen LogP contribution < -0.4 is 15.4 Å². The number of pyridine rings is 1. The highest BCUT2D eigenvalue weighted by atomic mass is 32.1. The van der Waals surface area contributed by atoms with E-state index >= 15 is 0 Å². The molecule has 28 heavy (non-hydrogen) atoms. The van der Waals surface area contributed by atoms with Crippen LogP contribution in [0.3, 0.4) is 0 Å². The number of hydrogen-bond donors (Lipinski definition) is 2. The fourth-order valence-electron chi connectivity index (χ4n) is 2.58. The van der Waals surface area contributed by atoms with Crippen molar-refractivity contribution >= 4 is 27.5 Å². The van der Waals surface area contributed by atoms with E-state index in [2.05, 4.69) is 37.9 Å². The number of aromatic nitrogens is 1. The van der Waals surface area contributed by atoms with Crippen LogP contribution in [-0.4, -0.2) is 30.3 Å². The summed E-state index contributed by atoms with van der Waals surface area (Å²) >= 11 is 1.67. The van der Waals surface area contributed by atoms with Crippen LogP contribution in [0.1, 0.15) is 11.1 Å². The molecule has 0 aliphatic carbocycles. The number of ether oxygens (including phenoxy) is 1. The summed E-state index contributed by atoms with van der Waals surface area (Å²) in [6, 6.07) is 10.7. The highest BCUT2D eigenvalue weighted by Crippen LogP contribution is 2.25. The van der Waals surface area contributed by atoms with E-state index in [0.29, 0.717) is 18.5 Å². The molecule has 2 heterocycles. The van der Waals surface area contributed by atoms with Gasteiger partial charge in [-0.1, -0.05) is 18.2 Å². The van der Waals surface area contributed by atoms with Gasteiger partial charge in [-0.15, -0.1) is 11.3 Å². The van der Waals surface area contributed by atoms with Gasteiger partial charge in [0.1, 0.15) is 0 Å². The second-order valence-electron chi connectivity index (χ2n) is 6.02. The average molecular weight is 409 g/mol. The molecule has 9 heteroatoms. The molecule has 0 saturated heterocycles. The molecule has 5 nitrogen and oxygen atoms in total. The second-order valence-corrected chi connectivity index (χ2v) is 6.93. The van der Waals surface area contributed by atoms with Crippen molar-refractivity contribution in [2.75, 3.05) is 13.2 Å². The molecule has 2 amide bonds. The highest BCUT2D eigenvalue weighted by molar-refractivity contribution is 7.17. The Morgan fingerprint density at radius 2 is 2.00 bits per heavy atom. The Hall–Kier alpha value is -2.81. The standard InChI is InChI=1S/C19H18F3N3O2S/c20-19(21,22)12-27-17-9-13(5-7-23-17)10-25-18(26)24-8-6-14-11-28-16-4-2-1-3-15(14)16/h1-5,7,9,11H,6,8,10,12H2,(H2,24,25,26). The van der Waals surface area contributed by atoms with E-state index in [1.54, 1.807) is 17.4 Å². The minimum atomic E-state index is -4.43. The number of amides is 2. The van der Waals surface area contributed by atoms with E-state index < -0.39 is 12.8 Å². The Labute approximate surface area is 163 Å². The first-order valence-electron chi connectivity index (χ1n) is 8.52. The number of nitrogens with one attached hydrogen (secondary N) is 2. The van der Waals surface area contributed by atoms with Gasteiger partial charge < -0.3 is 15.4 Å². The number of rotatable bonds is 7. The van der Waals surface area contributed by atoms with E-state index in [1.165, 1.54) is 27.9 Å². The molecule has 2 aromatic heterocycles. The summed E-state index contributed by atoms with van der Waals surface area (Å²) in [6.07, 6.45) is -2.38. The highest BCUT2D eigenvalue weighted by Gasteiger charge is 2.28. The maximum atomic E-state index is 12.2. The summed E-state index contributed by atoms with van der Waals surface area (Å²) in [5.74, 6) is -0.138. The number of carbonyl (C=O) groups excluding carboxylic acids is 1. The molecular weight excluding hydrogens is 391 g/mol. The van der Waals surface area contributed by atoms with Crippen molar-refractivity contribution in [1.29, 1.82) is 0 Å². The number of urea groups is 1. The molecule has 148 valence electrons. The van der Waals surface area contributed by atoms with E-state index in [9.17, 15) is 18.0 Å². The van der Waals surface area contributed by atoms with E-state index in [-0.39, 0.29) is 18.5 Å². The monoisotopic (exact) mass is 409 g/mol. The lowest BCUT2D eigenvalue weighted by Gasteiger charge is -2.10. The van der Waals surface area contributed by atoms with Gasteiger partial charge in [0.2, 0.25) is 5.88 Å². The first-order chi connectivity index (χ1) is 13.4. The molecule has 0 radical (unpaired) electrons. The molecule has 0 bridgehead atoms. The van der Waals surface area contributed by atoms with Crippen LogP contribution in [0.2, 0.25) is 0 Å². The van der Waals surface area contributed by atoms with Crippen molar-refractivity contribution < 1.29 is 22.7 Å². The Morgan fingerprint density at radius 3 is 2.82 bits per heavy atom. The normalized spacial score (nSPS) is 11.4. The Morgan fingerprint density at radius 1 is 1.18 bits per heavy atom. The van der Waals surface area contributed by atoms with Crippen molar-refractivity contribution in [3.05, 3.63) is 59.1 Å². The second kappa shape index (κ2) is 8.92. The first-order valence-corrected chi connectivity index (χ1v) is 9.40. The molecular formula is C19H18F3N3O2S. The van der Waals surface area contributed by atoms with Crippen molar-refractivity contribution in [2.45, 2.75) is 19.1 Å². The lowest BCUT2D eigenvalue weighted by Crippen LogP contribution is -2.36. The fourth-order valence-corrected chi connectivity index (χ4v) is 3.57. The molecule has 0 saturated carbocycles. The number of thiophene rings is 1. The van der Waals surface area contributed by atoms with Gasteiger partial charge in [-0.3, -0.25) is 0 Å². The maximum absolute atomic E-state index is 12.2. The number of hydrogen-bond acceptors (Lipinski definition) is 4. The third-order valence-electron chi connectivity index (χ3n) is 3.88. The third kappa shape index (κ3) is 5.85. The van der Waals surface area contributed by atoms with Crippen molar-refractivity contribution in [3.8, 4) is 5.88 Å². The van der Waals surface area contributed by atoms with Crippen molar-refractivity contribution in [2.24, 2.45) is 0 Å². The zero-order valence-electron chi connectivity index (χ0n) is 14.8. The van der Waals surface area contributed by atoms with Crippen LogP contribution in [0.5, 0.6) is 5.88 Å². The SMILES string of the molecule is O=C(NCCc1csc2ccccc12)NCc1ccnc(OCC(F)(F)F)c1. The van der Waals surface area contributed by atoms with E-state index in [0.717, 1.165) is 0 Å². The summed E-state index contributed by atoms with van der Waals surface area (Å²) in [5.41, 5.74) is 1.77. The predicted octanol–water partition coefficient (Wildman–Crippen LogP) is 4.28. The Kier molecular flexibility index (Phi) is 6.35. The van der Waals surface area contributed by atoms with Crippen LogP contribution in [0, 0.1) is 0 Å². The van der Waals surface area contributed by atoms with Gasteiger partial charge in [-0.2, -0.15) is 13.2 Å². The summed E-state index contributed by atoms with van der Waals surface area (Å²) in [6.45, 7) is -0.782. The van der Waals surface area contributed by atoms with Gasteiger partial charge >= 0.3 is 12.2 Å².